The Morgan fingerprint density at radius 3 is 2.71 bits per heavy atom. The number of halogens is 2. The van der Waals surface area contributed by atoms with Crippen molar-refractivity contribution < 1.29 is 4.74 Å². The Labute approximate surface area is 134 Å². The summed E-state index contributed by atoms with van der Waals surface area (Å²) >= 11 is 12.2. The highest BCUT2D eigenvalue weighted by atomic mass is 35.5. The molecule has 0 aliphatic heterocycles. The fourth-order valence-corrected chi connectivity index (χ4v) is 2.12. The molecule has 2 heterocycles. The second-order valence-corrected chi connectivity index (χ2v) is 5.70. The Kier molecular flexibility index (Phi) is 5.31. The van der Waals surface area contributed by atoms with E-state index in [1.54, 1.807) is 23.1 Å². The fourth-order valence-electron chi connectivity index (χ4n) is 1.66. The van der Waals surface area contributed by atoms with E-state index in [-0.39, 0.29) is 6.04 Å². The SMILES string of the molecule is CCCNc1nc(Oc2cnn(C(C)C)c2)c(Cl)cc1Cl. The Morgan fingerprint density at radius 1 is 1.33 bits per heavy atom. The number of pyridine rings is 1. The summed E-state index contributed by atoms with van der Waals surface area (Å²) in [6.45, 7) is 6.92. The Hall–Kier alpha value is -1.46. The Morgan fingerprint density at radius 2 is 2.10 bits per heavy atom. The maximum Gasteiger partial charge on any atom is 0.240 e. The van der Waals surface area contributed by atoms with Crippen molar-refractivity contribution >= 4 is 29.0 Å². The highest BCUT2D eigenvalue weighted by molar-refractivity contribution is 6.36. The van der Waals surface area contributed by atoms with E-state index in [4.69, 9.17) is 27.9 Å². The molecule has 0 radical (unpaired) electrons. The van der Waals surface area contributed by atoms with Crippen LogP contribution >= 0.6 is 23.2 Å². The molecule has 0 amide bonds. The number of ether oxygens (including phenoxy) is 1. The van der Waals surface area contributed by atoms with E-state index >= 15 is 0 Å². The second kappa shape index (κ2) is 7.00. The van der Waals surface area contributed by atoms with Crippen LogP contribution in [0.3, 0.4) is 0 Å². The van der Waals surface area contributed by atoms with Gasteiger partial charge < -0.3 is 10.1 Å². The molecule has 0 unspecified atom stereocenters. The molecule has 0 aliphatic carbocycles. The Balaban J connectivity index is 2.21. The molecule has 0 fully saturated rings. The minimum Gasteiger partial charge on any atom is -0.434 e. The first-order valence-corrected chi connectivity index (χ1v) is 7.58. The predicted molar refractivity (Wildman–Crippen MR) is 85.7 cm³/mol. The van der Waals surface area contributed by atoms with Crippen molar-refractivity contribution in [1.82, 2.24) is 14.8 Å². The molecule has 0 spiro atoms. The van der Waals surface area contributed by atoms with Gasteiger partial charge in [0.25, 0.3) is 0 Å². The van der Waals surface area contributed by atoms with Gasteiger partial charge in [-0.1, -0.05) is 30.1 Å². The molecule has 5 nitrogen and oxygen atoms in total. The van der Waals surface area contributed by atoms with Crippen LogP contribution in [0.15, 0.2) is 18.5 Å². The molecule has 114 valence electrons. The number of nitrogens with zero attached hydrogens (tertiary/aromatic N) is 3. The number of rotatable bonds is 6. The van der Waals surface area contributed by atoms with Crippen molar-refractivity contribution in [3.8, 4) is 11.6 Å². The lowest BCUT2D eigenvalue weighted by atomic mass is 10.4. The van der Waals surface area contributed by atoms with Gasteiger partial charge in [-0.25, -0.2) is 0 Å². The molecule has 0 bridgehead atoms. The second-order valence-electron chi connectivity index (χ2n) is 4.88. The minimum atomic E-state index is 0.262. The molecule has 0 aliphatic rings. The molecule has 0 atom stereocenters. The smallest absolute Gasteiger partial charge is 0.240 e. The molecule has 2 aromatic rings. The van der Waals surface area contributed by atoms with E-state index in [1.165, 1.54) is 0 Å². The van der Waals surface area contributed by atoms with Gasteiger partial charge in [-0.2, -0.15) is 10.1 Å². The van der Waals surface area contributed by atoms with E-state index in [0.29, 0.717) is 27.5 Å². The molecule has 0 aromatic carbocycles. The maximum absolute atomic E-state index is 6.13. The summed E-state index contributed by atoms with van der Waals surface area (Å²) in [5.74, 6) is 1.46. The monoisotopic (exact) mass is 328 g/mol. The maximum atomic E-state index is 6.13. The van der Waals surface area contributed by atoms with Gasteiger partial charge in [0, 0.05) is 12.6 Å². The normalized spacial score (nSPS) is 11.0. The molecule has 21 heavy (non-hydrogen) atoms. The van der Waals surface area contributed by atoms with Crippen molar-refractivity contribution in [2.24, 2.45) is 0 Å². The summed E-state index contributed by atoms with van der Waals surface area (Å²) in [4.78, 5) is 4.32. The van der Waals surface area contributed by atoms with Gasteiger partial charge >= 0.3 is 0 Å². The van der Waals surface area contributed by atoms with E-state index in [0.717, 1.165) is 13.0 Å². The van der Waals surface area contributed by atoms with Crippen molar-refractivity contribution in [2.45, 2.75) is 33.2 Å². The topological polar surface area (TPSA) is 52.0 Å². The highest BCUT2D eigenvalue weighted by Gasteiger charge is 2.12. The van der Waals surface area contributed by atoms with Crippen LogP contribution in [0.2, 0.25) is 10.0 Å². The standard InChI is InChI=1S/C14H18Cl2N4O/c1-4-5-17-13-11(15)6-12(16)14(19-13)21-10-7-18-20(8-10)9(2)3/h6-9H,4-5H2,1-3H3,(H,17,19). The number of aromatic nitrogens is 3. The molecule has 0 saturated carbocycles. The van der Waals surface area contributed by atoms with Crippen LogP contribution in [0.1, 0.15) is 33.2 Å². The van der Waals surface area contributed by atoms with E-state index < -0.39 is 0 Å². The zero-order valence-electron chi connectivity index (χ0n) is 12.2. The summed E-state index contributed by atoms with van der Waals surface area (Å²) in [5.41, 5.74) is 0. The lowest BCUT2D eigenvalue weighted by Crippen LogP contribution is -2.03. The van der Waals surface area contributed by atoms with Gasteiger partial charge in [0.05, 0.1) is 17.4 Å². The van der Waals surface area contributed by atoms with Crippen molar-refractivity contribution in [3.05, 3.63) is 28.5 Å². The average Bonchev–Trinajstić information content (AvgIpc) is 2.89. The van der Waals surface area contributed by atoms with Crippen molar-refractivity contribution in [2.75, 3.05) is 11.9 Å². The molecule has 2 aromatic heterocycles. The first-order valence-electron chi connectivity index (χ1n) is 6.83. The molecular weight excluding hydrogens is 311 g/mol. The molecular formula is C14H18Cl2N4O. The third-order valence-corrected chi connectivity index (χ3v) is 3.32. The number of nitrogens with one attached hydrogen (secondary N) is 1. The fraction of sp³-hybridized carbons (Fsp3) is 0.429. The first kappa shape index (κ1) is 15.9. The quantitative estimate of drug-likeness (QED) is 0.828. The zero-order valence-corrected chi connectivity index (χ0v) is 13.7. The summed E-state index contributed by atoms with van der Waals surface area (Å²) < 4.78 is 7.49. The molecule has 1 N–H and O–H groups in total. The first-order chi connectivity index (χ1) is 10.0. The predicted octanol–water partition coefficient (Wildman–Crippen LogP) is 4.78. The summed E-state index contributed by atoms with van der Waals surface area (Å²) in [7, 11) is 0. The van der Waals surface area contributed by atoms with Crippen molar-refractivity contribution in [1.29, 1.82) is 0 Å². The largest absolute Gasteiger partial charge is 0.434 e. The van der Waals surface area contributed by atoms with Crippen LogP contribution in [-0.4, -0.2) is 21.3 Å². The molecule has 7 heteroatoms. The number of hydrogen-bond acceptors (Lipinski definition) is 4. The van der Waals surface area contributed by atoms with Gasteiger partial charge in [0.1, 0.15) is 10.8 Å². The number of hydrogen-bond donors (Lipinski definition) is 1. The van der Waals surface area contributed by atoms with Gasteiger partial charge in [0.15, 0.2) is 5.75 Å². The summed E-state index contributed by atoms with van der Waals surface area (Å²) in [6, 6.07) is 1.88. The summed E-state index contributed by atoms with van der Waals surface area (Å²) in [6.07, 6.45) is 4.40. The van der Waals surface area contributed by atoms with Crippen LogP contribution in [0.25, 0.3) is 0 Å². The van der Waals surface area contributed by atoms with Crippen LogP contribution in [0.4, 0.5) is 5.82 Å². The Bertz CT molecular complexity index is 613. The van der Waals surface area contributed by atoms with Crippen LogP contribution in [-0.2, 0) is 0 Å². The lowest BCUT2D eigenvalue weighted by Gasteiger charge is -2.10. The zero-order chi connectivity index (χ0) is 15.4. The van der Waals surface area contributed by atoms with Gasteiger partial charge in [-0.15, -0.1) is 0 Å². The van der Waals surface area contributed by atoms with Crippen LogP contribution in [0, 0.1) is 0 Å². The highest BCUT2D eigenvalue weighted by Crippen LogP contribution is 2.33. The molecule has 2 rings (SSSR count). The third-order valence-electron chi connectivity index (χ3n) is 2.76. The van der Waals surface area contributed by atoms with Gasteiger partial charge in [0.2, 0.25) is 5.88 Å². The van der Waals surface area contributed by atoms with E-state index in [9.17, 15) is 0 Å². The van der Waals surface area contributed by atoms with Gasteiger partial charge in [-0.3, -0.25) is 4.68 Å². The van der Waals surface area contributed by atoms with Crippen LogP contribution in [0.5, 0.6) is 11.6 Å². The lowest BCUT2D eigenvalue weighted by molar-refractivity contribution is 0.460. The van der Waals surface area contributed by atoms with E-state index in [2.05, 4.69) is 22.3 Å². The number of anilines is 1. The summed E-state index contributed by atoms with van der Waals surface area (Å²) in [5, 5.41) is 8.18. The van der Waals surface area contributed by atoms with Crippen molar-refractivity contribution in [3.63, 3.8) is 0 Å². The third kappa shape index (κ3) is 4.02. The average molecular weight is 329 g/mol. The minimum absolute atomic E-state index is 0.262. The van der Waals surface area contributed by atoms with Crippen LogP contribution < -0.4 is 10.1 Å². The molecule has 0 saturated heterocycles. The van der Waals surface area contributed by atoms with E-state index in [1.807, 2.05) is 13.8 Å². The van der Waals surface area contributed by atoms with Gasteiger partial charge in [-0.05, 0) is 26.3 Å².